The summed E-state index contributed by atoms with van der Waals surface area (Å²) >= 11 is 5.27. The van der Waals surface area contributed by atoms with E-state index in [1.807, 2.05) is 18.2 Å². The second-order valence-corrected chi connectivity index (χ2v) is 3.63. The zero-order valence-corrected chi connectivity index (χ0v) is 8.42. The van der Waals surface area contributed by atoms with E-state index in [-0.39, 0.29) is 5.24 Å². The molecule has 13 heavy (non-hydrogen) atoms. The Bertz CT molecular complexity index is 269. The minimum absolute atomic E-state index is 0.247. The summed E-state index contributed by atoms with van der Waals surface area (Å²) in [4.78, 5) is 10.5. The lowest BCUT2D eigenvalue weighted by Crippen LogP contribution is -1.96. The van der Waals surface area contributed by atoms with E-state index in [2.05, 4.69) is 19.1 Å². The van der Waals surface area contributed by atoms with E-state index in [0.29, 0.717) is 12.3 Å². The van der Waals surface area contributed by atoms with Crippen LogP contribution in [0.5, 0.6) is 0 Å². The second-order valence-electron chi connectivity index (χ2n) is 3.21. The Morgan fingerprint density at radius 2 is 2.00 bits per heavy atom. The van der Waals surface area contributed by atoms with E-state index in [4.69, 9.17) is 11.6 Å². The van der Waals surface area contributed by atoms with Crippen LogP contribution in [-0.4, -0.2) is 5.24 Å². The van der Waals surface area contributed by atoms with E-state index in [0.717, 1.165) is 6.42 Å². The Kier molecular flexibility index (Phi) is 3.97. The molecule has 2 heteroatoms. The zero-order valence-electron chi connectivity index (χ0n) is 7.66. The van der Waals surface area contributed by atoms with Gasteiger partial charge in [0, 0.05) is 6.42 Å². The predicted octanol–water partition coefficient (Wildman–Crippen LogP) is 3.34. The monoisotopic (exact) mass is 196 g/mol. The van der Waals surface area contributed by atoms with E-state index < -0.39 is 0 Å². The van der Waals surface area contributed by atoms with Crippen LogP contribution >= 0.6 is 11.6 Å². The lowest BCUT2D eigenvalue weighted by Gasteiger charge is -2.09. The maximum Gasteiger partial charge on any atom is 0.221 e. The summed E-state index contributed by atoms with van der Waals surface area (Å²) in [7, 11) is 0. The van der Waals surface area contributed by atoms with Crippen molar-refractivity contribution in [2.75, 3.05) is 0 Å². The molecule has 0 fully saturated rings. The first-order chi connectivity index (χ1) is 6.20. The van der Waals surface area contributed by atoms with E-state index in [1.165, 1.54) is 5.56 Å². The van der Waals surface area contributed by atoms with Crippen molar-refractivity contribution in [3.63, 3.8) is 0 Å². The molecule has 0 heterocycles. The first kappa shape index (κ1) is 10.3. The molecule has 0 aliphatic heterocycles. The molecule has 0 N–H and O–H groups in total. The molecule has 0 aliphatic carbocycles. The van der Waals surface area contributed by atoms with Crippen molar-refractivity contribution in [2.24, 2.45) is 0 Å². The van der Waals surface area contributed by atoms with Crippen molar-refractivity contribution in [3.05, 3.63) is 35.9 Å². The first-order valence-electron chi connectivity index (χ1n) is 4.43. The van der Waals surface area contributed by atoms with Gasteiger partial charge in [-0.05, 0) is 29.5 Å². The molecule has 0 radical (unpaired) electrons. The number of hydrogen-bond donors (Lipinski definition) is 0. The molecule has 0 saturated heterocycles. The number of carbonyl (C=O) groups excluding carboxylic acids is 1. The average molecular weight is 197 g/mol. The van der Waals surface area contributed by atoms with Gasteiger partial charge in [-0.3, -0.25) is 4.79 Å². The van der Waals surface area contributed by atoms with Crippen molar-refractivity contribution in [1.29, 1.82) is 0 Å². The van der Waals surface area contributed by atoms with Crippen LogP contribution in [0.1, 0.15) is 31.2 Å². The summed E-state index contributed by atoms with van der Waals surface area (Å²) in [6.07, 6.45) is 1.28. The topological polar surface area (TPSA) is 17.1 Å². The fourth-order valence-electron chi connectivity index (χ4n) is 1.28. The summed E-state index contributed by atoms with van der Waals surface area (Å²) in [6, 6.07) is 10.2. The van der Waals surface area contributed by atoms with Gasteiger partial charge < -0.3 is 0 Å². The number of hydrogen-bond acceptors (Lipinski definition) is 1. The summed E-state index contributed by atoms with van der Waals surface area (Å²) < 4.78 is 0. The molecular formula is C11H13ClO. The molecule has 0 spiro atoms. The summed E-state index contributed by atoms with van der Waals surface area (Å²) in [5.74, 6) is 0.406. The molecule has 0 amide bonds. The Labute approximate surface area is 83.7 Å². The molecule has 0 bridgehead atoms. The third-order valence-corrected chi connectivity index (χ3v) is 2.33. The van der Waals surface area contributed by atoms with Crippen LogP contribution in [0, 0.1) is 0 Å². The molecule has 70 valence electrons. The average Bonchev–Trinajstić information content (AvgIpc) is 2.15. The van der Waals surface area contributed by atoms with Gasteiger partial charge in [-0.1, -0.05) is 37.3 Å². The van der Waals surface area contributed by atoms with Crippen molar-refractivity contribution < 1.29 is 4.79 Å². The SMILES string of the molecule is CC(CCC(=O)Cl)c1ccccc1. The van der Waals surface area contributed by atoms with Crippen molar-refractivity contribution in [3.8, 4) is 0 Å². The minimum atomic E-state index is -0.247. The van der Waals surface area contributed by atoms with Gasteiger partial charge in [-0.2, -0.15) is 0 Å². The van der Waals surface area contributed by atoms with Crippen LogP contribution in [0.3, 0.4) is 0 Å². The molecule has 0 saturated carbocycles. The lowest BCUT2D eigenvalue weighted by molar-refractivity contribution is -0.111. The maximum atomic E-state index is 10.5. The number of halogens is 1. The Hall–Kier alpha value is -0.820. The van der Waals surface area contributed by atoms with Crippen molar-refractivity contribution in [1.82, 2.24) is 0 Å². The molecule has 1 aromatic rings. The quantitative estimate of drug-likeness (QED) is 0.676. The highest BCUT2D eigenvalue weighted by molar-refractivity contribution is 6.63. The fraction of sp³-hybridized carbons (Fsp3) is 0.364. The van der Waals surface area contributed by atoms with Gasteiger partial charge in [0.25, 0.3) is 0 Å². The van der Waals surface area contributed by atoms with Crippen LogP contribution in [0.15, 0.2) is 30.3 Å². The van der Waals surface area contributed by atoms with Gasteiger partial charge in [-0.15, -0.1) is 0 Å². The van der Waals surface area contributed by atoms with E-state index >= 15 is 0 Å². The molecule has 1 aromatic carbocycles. The Morgan fingerprint density at radius 3 is 2.54 bits per heavy atom. The molecule has 1 unspecified atom stereocenters. The Balaban J connectivity index is 2.49. The molecule has 1 rings (SSSR count). The van der Waals surface area contributed by atoms with Crippen LogP contribution in [0.2, 0.25) is 0 Å². The summed E-state index contributed by atoms with van der Waals surface area (Å²) in [5, 5.41) is -0.247. The number of rotatable bonds is 4. The van der Waals surface area contributed by atoms with E-state index in [9.17, 15) is 4.79 Å². The number of carbonyl (C=O) groups is 1. The lowest BCUT2D eigenvalue weighted by atomic mass is 9.97. The zero-order chi connectivity index (χ0) is 9.68. The van der Waals surface area contributed by atoms with Gasteiger partial charge in [0.05, 0.1) is 0 Å². The molecule has 1 atom stereocenters. The predicted molar refractivity (Wildman–Crippen MR) is 55.0 cm³/mol. The van der Waals surface area contributed by atoms with Crippen LogP contribution in [0.4, 0.5) is 0 Å². The summed E-state index contributed by atoms with van der Waals surface area (Å²) in [5.41, 5.74) is 1.26. The highest BCUT2D eigenvalue weighted by atomic mass is 35.5. The molecule has 0 aliphatic rings. The van der Waals surface area contributed by atoms with Gasteiger partial charge in [0.15, 0.2) is 0 Å². The normalized spacial score (nSPS) is 12.5. The van der Waals surface area contributed by atoms with Gasteiger partial charge in [0.1, 0.15) is 0 Å². The molecule has 1 nitrogen and oxygen atoms in total. The Morgan fingerprint density at radius 1 is 1.38 bits per heavy atom. The van der Waals surface area contributed by atoms with Crippen molar-refractivity contribution in [2.45, 2.75) is 25.7 Å². The highest BCUT2D eigenvalue weighted by Gasteiger charge is 2.06. The second kappa shape index (κ2) is 5.03. The standard InChI is InChI=1S/C11H13ClO/c1-9(7-8-11(12)13)10-5-3-2-4-6-10/h2-6,9H,7-8H2,1H3. The first-order valence-corrected chi connectivity index (χ1v) is 4.81. The maximum absolute atomic E-state index is 10.5. The van der Waals surface area contributed by atoms with Crippen LogP contribution in [0.25, 0.3) is 0 Å². The fourth-order valence-corrected chi connectivity index (χ4v) is 1.39. The van der Waals surface area contributed by atoms with Gasteiger partial charge in [-0.25, -0.2) is 0 Å². The van der Waals surface area contributed by atoms with Gasteiger partial charge >= 0.3 is 0 Å². The van der Waals surface area contributed by atoms with E-state index in [1.54, 1.807) is 0 Å². The molecule has 0 aromatic heterocycles. The van der Waals surface area contributed by atoms with Gasteiger partial charge in [0.2, 0.25) is 5.24 Å². The largest absolute Gasteiger partial charge is 0.281 e. The molecular weight excluding hydrogens is 184 g/mol. The summed E-state index contributed by atoms with van der Waals surface area (Å²) in [6.45, 7) is 2.11. The van der Waals surface area contributed by atoms with Crippen molar-refractivity contribution >= 4 is 16.8 Å². The number of benzene rings is 1. The minimum Gasteiger partial charge on any atom is -0.281 e. The highest BCUT2D eigenvalue weighted by Crippen LogP contribution is 2.20. The smallest absolute Gasteiger partial charge is 0.221 e. The third kappa shape index (κ3) is 3.60. The van der Waals surface area contributed by atoms with Crippen LogP contribution in [-0.2, 0) is 4.79 Å². The third-order valence-electron chi connectivity index (χ3n) is 2.14. The van der Waals surface area contributed by atoms with Crippen LogP contribution < -0.4 is 0 Å².